The van der Waals surface area contributed by atoms with Gasteiger partial charge in [0.2, 0.25) is 5.91 Å². The van der Waals surface area contributed by atoms with Crippen LogP contribution in [0.2, 0.25) is 0 Å². The highest BCUT2D eigenvalue weighted by Gasteiger charge is 2.36. The minimum atomic E-state index is -0.679. The van der Waals surface area contributed by atoms with Gasteiger partial charge in [0.25, 0.3) is 0 Å². The van der Waals surface area contributed by atoms with E-state index in [0.717, 1.165) is 38.5 Å². The summed E-state index contributed by atoms with van der Waals surface area (Å²) in [5.41, 5.74) is 5.41. The smallest absolute Gasteiger partial charge is 0.240 e. The van der Waals surface area contributed by atoms with E-state index in [1.807, 2.05) is 0 Å². The molecule has 1 amide bonds. The molecule has 2 rings (SSSR count). The number of rotatable bonds is 4. The number of carbonyl (C=O) groups excluding carboxylic acids is 1. The molecule has 2 fully saturated rings. The van der Waals surface area contributed by atoms with Crippen molar-refractivity contribution in [2.75, 3.05) is 6.54 Å². The van der Waals surface area contributed by atoms with Crippen LogP contribution in [-0.2, 0) is 4.79 Å². The maximum atomic E-state index is 11.9. The predicted octanol–water partition coefficient (Wildman–Crippen LogP) is 0.535. The van der Waals surface area contributed by atoms with Gasteiger partial charge in [0.05, 0.1) is 11.6 Å². The minimum Gasteiger partial charge on any atom is -0.391 e. The Morgan fingerprint density at radius 3 is 2.56 bits per heavy atom. The highest BCUT2D eigenvalue weighted by atomic mass is 16.3. The number of aliphatic hydroxyl groups is 1. The maximum Gasteiger partial charge on any atom is 0.240 e. The van der Waals surface area contributed by atoms with Crippen molar-refractivity contribution in [2.45, 2.75) is 56.6 Å². The molecule has 0 aromatic carbocycles. The van der Waals surface area contributed by atoms with Crippen LogP contribution in [0.3, 0.4) is 0 Å². The highest BCUT2D eigenvalue weighted by molar-refractivity contribution is 5.86. The van der Waals surface area contributed by atoms with Crippen LogP contribution in [0, 0.1) is 5.92 Å². The first-order valence-corrected chi connectivity index (χ1v) is 6.37. The molecule has 1 unspecified atom stereocenters. The monoisotopic (exact) mass is 226 g/mol. The maximum absolute atomic E-state index is 11.9. The number of aliphatic hydroxyl groups excluding tert-OH is 1. The SMILES string of the molecule is NC1(C(=O)NCC(O)C2CC2)CCCCC1. The van der Waals surface area contributed by atoms with Crippen molar-refractivity contribution >= 4 is 5.91 Å². The zero-order valence-electron chi connectivity index (χ0n) is 9.74. The lowest BCUT2D eigenvalue weighted by Gasteiger charge is -2.32. The molecular weight excluding hydrogens is 204 g/mol. The van der Waals surface area contributed by atoms with E-state index in [-0.39, 0.29) is 12.0 Å². The van der Waals surface area contributed by atoms with Crippen molar-refractivity contribution in [2.24, 2.45) is 11.7 Å². The topological polar surface area (TPSA) is 75.4 Å². The van der Waals surface area contributed by atoms with Crippen LogP contribution in [0.4, 0.5) is 0 Å². The van der Waals surface area contributed by atoms with Gasteiger partial charge in [-0.05, 0) is 31.6 Å². The molecule has 0 aromatic heterocycles. The molecule has 2 aliphatic carbocycles. The number of hydrogen-bond donors (Lipinski definition) is 3. The first kappa shape index (κ1) is 11.9. The van der Waals surface area contributed by atoms with E-state index in [2.05, 4.69) is 5.32 Å². The molecule has 0 aromatic rings. The van der Waals surface area contributed by atoms with Crippen LogP contribution >= 0.6 is 0 Å². The third-order valence-electron chi connectivity index (χ3n) is 3.84. The molecule has 4 N–H and O–H groups in total. The summed E-state index contributed by atoms with van der Waals surface area (Å²) >= 11 is 0. The first-order valence-electron chi connectivity index (χ1n) is 6.37. The summed E-state index contributed by atoms with van der Waals surface area (Å²) in [6, 6.07) is 0. The van der Waals surface area contributed by atoms with Gasteiger partial charge in [0.15, 0.2) is 0 Å². The molecule has 0 heterocycles. The molecule has 0 spiro atoms. The molecule has 2 saturated carbocycles. The van der Waals surface area contributed by atoms with Crippen molar-refractivity contribution in [3.8, 4) is 0 Å². The van der Waals surface area contributed by atoms with E-state index in [1.54, 1.807) is 0 Å². The van der Waals surface area contributed by atoms with Crippen molar-refractivity contribution in [1.29, 1.82) is 0 Å². The summed E-state index contributed by atoms with van der Waals surface area (Å²) in [5, 5.41) is 12.5. The normalized spacial score (nSPS) is 26.1. The Hall–Kier alpha value is -0.610. The fraction of sp³-hybridized carbons (Fsp3) is 0.917. The molecule has 4 nitrogen and oxygen atoms in total. The summed E-state index contributed by atoms with van der Waals surface area (Å²) < 4.78 is 0. The van der Waals surface area contributed by atoms with Gasteiger partial charge in [-0.2, -0.15) is 0 Å². The summed E-state index contributed by atoms with van der Waals surface area (Å²) in [6.45, 7) is 0.364. The Bertz CT molecular complexity index is 258. The number of carbonyl (C=O) groups is 1. The highest BCUT2D eigenvalue weighted by Crippen LogP contribution is 2.32. The molecule has 0 saturated heterocycles. The van der Waals surface area contributed by atoms with Gasteiger partial charge in [-0.25, -0.2) is 0 Å². The van der Waals surface area contributed by atoms with Crippen molar-refractivity contribution < 1.29 is 9.90 Å². The molecule has 92 valence electrons. The lowest BCUT2D eigenvalue weighted by Crippen LogP contribution is -2.56. The van der Waals surface area contributed by atoms with Gasteiger partial charge in [0.1, 0.15) is 0 Å². The predicted molar refractivity (Wildman–Crippen MR) is 61.7 cm³/mol. The summed E-state index contributed by atoms with van der Waals surface area (Å²) in [4.78, 5) is 11.9. The number of hydrogen-bond acceptors (Lipinski definition) is 3. The largest absolute Gasteiger partial charge is 0.391 e. The van der Waals surface area contributed by atoms with Gasteiger partial charge in [-0.3, -0.25) is 4.79 Å². The molecule has 1 atom stereocenters. The summed E-state index contributed by atoms with van der Waals surface area (Å²) in [6.07, 6.45) is 6.60. The van der Waals surface area contributed by atoms with E-state index in [0.29, 0.717) is 12.5 Å². The van der Waals surface area contributed by atoms with Crippen LogP contribution in [0.15, 0.2) is 0 Å². The van der Waals surface area contributed by atoms with Crippen molar-refractivity contribution in [3.63, 3.8) is 0 Å². The molecule has 0 bridgehead atoms. The van der Waals surface area contributed by atoms with E-state index in [4.69, 9.17) is 5.73 Å². The first-order chi connectivity index (χ1) is 7.62. The zero-order valence-corrected chi connectivity index (χ0v) is 9.74. The van der Waals surface area contributed by atoms with E-state index in [1.165, 1.54) is 6.42 Å². The lowest BCUT2D eigenvalue weighted by molar-refractivity contribution is -0.128. The Morgan fingerprint density at radius 1 is 1.38 bits per heavy atom. The Morgan fingerprint density at radius 2 is 2.00 bits per heavy atom. The number of nitrogens with two attached hydrogens (primary N) is 1. The quantitative estimate of drug-likeness (QED) is 0.654. The van der Waals surface area contributed by atoms with Gasteiger partial charge < -0.3 is 16.2 Å². The molecule has 0 radical (unpaired) electrons. The number of nitrogens with one attached hydrogen (secondary N) is 1. The van der Waals surface area contributed by atoms with Crippen LogP contribution < -0.4 is 11.1 Å². The van der Waals surface area contributed by atoms with Crippen LogP contribution in [-0.4, -0.2) is 29.2 Å². The Kier molecular flexibility index (Phi) is 3.50. The molecule has 16 heavy (non-hydrogen) atoms. The fourth-order valence-corrected chi connectivity index (χ4v) is 2.43. The van der Waals surface area contributed by atoms with Crippen LogP contribution in [0.1, 0.15) is 44.9 Å². The third-order valence-corrected chi connectivity index (χ3v) is 3.84. The standard InChI is InChI=1S/C12H22N2O2/c13-12(6-2-1-3-7-12)11(16)14-8-10(15)9-4-5-9/h9-10,15H,1-8,13H2,(H,14,16). The second-order valence-electron chi connectivity index (χ2n) is 5.33. The Balaban J connectivity index is 1.77. The van der Waals surface area contributed by atoms with E-state index >= 15 is 0 Å². The summed E-state index contributed by atoms with van der Waals surface area (Å²) in [5.74, 6) is 0.326. The lowest BCUT2D eigenvalue weighted by atomic mass is 9.82. The average Bonchev–Trinajstić information content (AvgIpc) is 3.10. The molecule has 0 aliphatic heterocycles. The zero-order chi connectivity index (χ0) is 11.6. The second-order valence-corrected chi connectivity index (χ2v) is 5.33. The van der Waals surface area contributed by atoms with Gasteiger partial charge in [-0.15, -0.1) is 0 Å². The van der Waals surface area contributed by atoms with Gasteiger partial charge >= 0.3 is 0 Å². The average molecular weight is 226 g/mol. The van der Waals surface area contributed by atoms with Gasteiger partial charge in [-0.1, -0.05) is 19.3 Å². The fourth-order valence-electron chi connectivity index (χ4n) is 2.43. The van der Waals surface area contributed by atoms with Crippen LogP contribution in [0.25, 0.3) is 0 Å². The Labute approximate surface area is 96.6 Å². The molecule has 4 heteroatoms. The van der Waals surface area contributed by atoms with E-state index in [9.17, 15) is 9.90 Å². The number of amides is 1. The third kappa shape index (κ3) is 2.74. The second kappa shape index (κ2) is 4.72. The summed E-state index contributed by atoms with van der Waals surface area (Å²) in [7, 11) is 0. The van der Waals surface area contributed by atoms with Gasteiger partial charge in [0, 0.05) is 6.54 Å². The van der Waals surface area contributed by atoms with Crippen molar-refractivity contribution in [1.82, 2.24) is 5.32 Å². The molecule has 2 aliphatic rings. The van der Waals surface area contributed by atoms with Crippen molar-refractivity contribution in [3.05, 3.63) is 0 Å². The minimum absolute atomic E-state index is 0.0769. The van der Waals surface area contributed by atoms with E-state index < -0.39 is 5.54 Å². The van der Waals surface area contributed by atoms with Crippen LogP contribution in [0.5, 0.6) is 0 Å². The molecular formula is C12H22N2O2.